The molecule has 1 saturated heterocycles. The first-order chi connectivity index (χ1) is 8.52. The molecule has 1 aliphatic rings. The Morgan fingerprint density at radius 2 is 2.00 bits per heavy atom. The maximum absolute atomic E-state index is 11.5. The fourth-order valence-electron chi connectivity index (χ4n) is 1.91. The summed E-state index contributed by atoms with van der Waals surface area (Å²) in [6.45, 7) is 2.74. The van der Waals surface area contributed by atoms with Crippen molar-refractivity contribution in [1.29, 1.82) is 0 Å². The van der Waals surface area contributed by atoms with Crippen molar-refractivity contribution in [3.8, 4) is 5.75 Å². The number of anilines is 1. The van der Waals surface area contributed by atoms with Crippen molar-refractivity contribution in [2.75, 3.05) is 38.3 Å². The molecule has 0 saturated carbocycles. The van der Waals surface area contributed by atoms with Crippen LogP contribution in [0.2, 0.25) is 0 Å². The van der Waals surface area contributed by atoms with Gasteiger partial charge in [0, 0.05) is 18.8 Å². The molecule has 0 amide bonds. The van der Waals surface area contributed by atoms with E-state index >= 15 is 0 Å². The second-order valence-corrected chi connectivity index (χ2v) is 5.51. The minimum Gasteiger partial charge on any atom is -0.495 e. The first-order valence-electron chi connectivity index (χ1n) is 5.56. The second-order valence-electron chi connectivity index (χ2n) is 3.98. The van der Waals surface area contributed by atoms with Gasteiger partial charge < -0.3 is 14.4 Å². The predicted octanol–water partition coefficient (Wildman–Crippen LogP) is 0.179. The molecule has 0 spiro atoms. The van der Waals surface area contributed by atoms with Crippen LogP contribution in [-0.2, 0) is 14.8 Å². The molecule has 18 heavy (non-hydrogen) atoms. The van der Waals surface area contributed by atoms with E-state index in [9.17, 15) is 8.42 Å². The van der Waals surface area contributed by atoms with E-state index in [2.05, 4.69) is 4.90 Å². The summed E-state index contributed by atoms with van der Waals surface area (Å²) in [5.74, 6) is 0.259. The number of rotatable bonds is 3. The lowest BCUT2D eigenvalue weighted by molar-refractivity contribution is 0.122. The summed E-state index contributed by atoms with van der Waals surface area (Å²) < 4.78 is 33.3. The molecule has 1 aromatic carbocycles. The maximum Gasteiger partial charge on any atom is 0.241 e. The maximum atomic E-state index is 11.5. The van der Waals surface area contributed by atoms with E-state index in [1.165, 1.54) is 7.11 Å². The number of ether oxygens (including phenoxy) is 2. The average molecular weight is 272 g/mol. The number of methoxy groups -OCH3 is 1. The second kappa shape index (κ2) is 5.13. The summed E-state index contributed by atoms with van der Waals surface area (Å²) in [6, 6.07) is 4.98. The van der Waals surface area contributed by atoms with E-state index in [-0.39, 0.29) is 10.6 Å². The zero-order valence-corrected chi connectivity index (χ0v) is 10.9. The number of nitrogens with zero attached hydrogens (tertiary/aromatic N) is 1. The summed E-state index contributed by atoms with van der Waals surface area (Å²) in [7, 11) is -2.37. The van der Waals surface area contributed by atoms with Crippen molar-refractivity contribution in [2.45, 2.75) is 4.90 Å². The van der Waals surface area contributed by atoms with Gasteiger partial charge in [-0.25, -0.2) is 13.6 Å². The van der Waals surface area contributed by atoms with E-state index < -0.39 is 10.0 Å². The van der Waals surface area contributed by atoms with Crippen LogP contribution in [0.15, 0.2) is 23.1 Å². The Balaban J connectivity index is 2.39. The molecule has 0 unspecified atom stereocenters. The Morgan fingerprint density at radius 1 is 1.33 bits per heavy atom. The van der Waals surface area contributed by atoms with Crippen LogP contribution in [0.3, 0.4) is 0 Å². The van der Waals surface area contributed by atoms with Crippen LogP contribution < -0.4 is 14.8 Å². The number of morpholine rings is 1. The summed E-state index contributed by atoms with van der Waals surface area (Å²) in [5.41, 5.74) is 0.808. The van der Waals surface area contributed by atoms with E-state index in [1.54, 1.807) is 12.1 Å². The minimum atomic E-state index is -3.79. The third kappa shape index (κ3) is 2.74. The van der Waals surface area contributed by atoms with Gasteiger partial charge in [-0.15, -0.1) is 0 Å². The van der Waals surface area contributed by atoms with Crippen molar-refractivity contribution in [2.24, 2.45) is 5.14 Å². The Bertz CT molecular complexity index is 524. The predicted molar refractivity (Wildman–Crippen MR) is 67.4 cm³/mol. The van der Waals surface area contributed by atoms with Crippen molar-refractivity contribution in [1.82, 2.24) is 0 Å². The highest BCUT2D eigenvalue weighted by atomic mass is 32.2. The number of primary sulfonamides is 1. The fourth-order valence-corrected chi connectivity index (χ4v) is 2.62. The number of benzene rings is 1. The summed E-state index contributed by atoms with van der Waals surface area (Å²) >= 11 is 0. The van der Waals surface area contributed by atoms with Crippen molar-refractivity contribution in [3.05, 3.63) is 18.2 Å². The molecule has 7 heteroatoms. The van der Waals surface area contributed by atoms with Gasteiger partial charge >= 0.3 is 0 Å². The average Bonchev–Trinajstić information content (AvgIpc) is 2.38. The van der Waals surface area contributed by atoms with Crippen LogP contribution in [0.5, 0.6) is 5.75 Å². The standard InChI is InChI=1S/C11H16N2O4S/c1-16-10-3-2-9(8-11(10)18(12,14)15)13-4-6-17-7-5-13/h2-3,8H,4-7H2,1H3,(H2,12,14,15). The lowest BCUT2D eigenvalue weighted by atomic mass is 10.2. The summed E-state index contributed by atoms with van der Waals surface area (Å²) in [4.78, 5) is 2.06. The number of hydrogen-bond acceptors (Lipinski definition) is 5. The van der Waals surface area contributed by atoms with Gasteiger partial charge in [0.25, 0.3) is 0 Å². The molecule has 0 bridgehead atoms. The fraction of sp³-hybridized carbons (Fsp3) is 0.455. The van der Waals surface area contributed by atoms with Crippen LogP contribution in [0.4, 0.5) is 5.69 Å². The molecule has 2 N–H and O–H groups in total. The third-order valence-corrected chi connectivity index (χ3v) is 3.76. The Kier molecular flexibility index (Phi) is 3.74. The van der Waals surface area contributed by atoms with Crippen molar-refractivity contribution in [3.63, 3.8) is 0 Å². The van der Waals surface area contributed by atoms with Gasteiger partial charge in [-0.05, 0) is 18.2 Å². The Labute approximate surface area is 106 Å². The van der Waals surface area contributed by atoms with Crippen molar-refractivity contribution >= 4 is 15.7 Å². The van der Waals surface area contributed by atoms with Crippen LogP contribution in [0, 0.1) is 0 Å². The molecule has 100 valence electrons. The third-order valence-electron chi connectivity index (χ3n) is 2.83. The largest absolute Gasteiger partial charge is 0.495 e. The lowest BCUT2D eigenvalue weighted by Gasteiger charge is -2.29. The molecule has 1 heterocycles. The molecule has 1 fully saturated rings. The smallest absolute Gasteiger partial charge is 0.241 e. The molecule has 6 nitrogen and oxygen atoms in total. The number of nitrogens with two attached hydrogens (primary N) is 1. The first kappa shape index (κ1) is 13.1. The Morgan fingerprint density at radius 3 is 2.56 bits per heavy atom. The van der Waals surface area contributed by atoms with E-state index in [0.29, 0.717) is 13.2 Å². The van der Waals surface area contributed by atoms with Crippen LogP contribution in [0.1, 0.15) is 0 Å². The van der Waals surface area contributed by atoms with E-state index in [1.807, 2.05) is 6.07 Å². The van der Waals surface area contributed by atoms with Gasteiger partial charge in [0.15, 0.2) is 0 Å². The van der Waals surface area contributed by atoms with Crippen molar-refractivity contribution < 1.29 is 17.9 Å². The van der Waals surface area contributed by atoms with Crippen LogP contribution >= 0.6 is 0 Å². The van der Waals surface area contributed by atoms with Gasteiger partial charge in [-0.1, -0.05) is 0 Å². The number of hydrogen-bond donors (Lipinski definition) is 1. The van der Waals surface area contributed by atoms with E-state index in [0.717, 1.165) is 18.8 Å². The lowest BCUT2D eigenvalue weighted by Crippen LogP contribution is -2.36. The van der Waals surface area contributed by atoms with Gasteiger partial charge in [-0.2, -0.15) is 0 Å². The van der Waals surface area contributed by atoms with Crippen LogP contribution in [0.25, 0.3) is 0 Å². The molecular weight excluding hydrogens is 256 g/mol. The minimum absolute atomic E-state index is 0.00833. The molecule has 0 aromatic heterocycles. The topological polar surface area (TPSA) is 81.9 Å². The monoisotopic (exact) mass is 272 g/mol. The zero-order valence-electron chi connectivity index (χ0n) is 10.1. The quantitative estimate of drug-likeness (QED) is 0.848. The first-order valence-corrected chi connectivity index (χ1v) is 7.10. The van der Waals surface area contributed by atoms with Gasteiger partial charge in [-0.3, -0.25) is 0 Å². The van der Waals surface area contributed by atoms with Gasteiger partial charge in [0.05, 0.1) is 20.3 Å². The number of sulfonamides is 1. The van der Waals surface area contributed by atoms with Gasteiger partial charge in [0.1, 0.15) is 10.6 Å². The van der Waals surface area contributed by atoms with Gasteiger partial charge in [0.2, 0.25) is 10.0 Å². The summed E-state index contributed by atoms with van der Waals surface area (Å²) in [5, 5.41) is 5.18. The Hall–Kier alpha value is -1.31. The SMILES string of the molecule is COc1ccc(N2CCOCC2)cc1S(N)(=O)=O. The summed E-state index contributed by atoms with van der Waals surface area (Å²) in [6.07, 6.45) is 0. The molecule has 0 atom stereocenters. The molecular formula is C11H16N2O4S. The zero-order chi connectivity index (χ0) is 13.2. The molecule has 0 aliphatic carbocycles. The molecule has 1 aliphatic heterocycles. The van der Waals surface area contributed by atoms with E-state index in [4.69, 9.17) is 14.6 Å². The highest BCUT2D eigenvalue weighted by molar-refractivity contribution is 7.89. The highest BCUT2D eigenvalue weighted by Crippen LogP contribution is 2.28. The molecule has 2 rings (SSSR count). The normalized spacial score (nSPS) is 16.7. The molecule has 0 radical (unpaired) electrons. The molecule has 1 aromatic rings. The van der Waals surface area contributed by atoms with Crippen LogP contribution in [-0.4, -0.2) is 41.8 Å². The highest BCUT2D eigenvalue weighted by Gasteiger charge is 2.18.